The molecule has 0 aliphatic carbocycles. The number of benzene rings is 1. The van der Waals surface area contributed by atoms with Crippen molar-refractivity contribution in [2.45, 2.75) is 0 Å². The second-order valence-electron chi connectivity index (χ2n) is 2.48. The second-order valence-corrected chi connectivity index (χ2v) is 2.88. The number of nitrogens with zero attached hydrogens (tertiary/aromatic N) is 3. The molecule has 0 amide bonds. The third-order valence-corrected chi connectivity index (χ3v) is 2.06. The largest absolute Gasteiger partial charge is 0.268 e. The monoisotopic (exact) mass is 192 g/mol. The Morgan fingerprint density at radius 2 is 2.00 bits per heavy atom. The third kappa shape index (κ3) is 1.65. The van der Waals surface area contributed by atoms with E-state index in [1.807, 2.05) is 30.3 Å². The van der Waals surface area contributed by atoms with E-state index in [9.17, 15) is 0 Å². The minimum atomic E-state index is 0.675. The maximum Gasteiger partial charge on any atom is 0.185 e. The minimum absolute atomic E-state index is 0.675. The molecule has 0 atom stereocenters. The lowest BCUT2D eigenvalue weighted by molar-refractivity contribution is 0.939. The van der Waals surface area contributed by atoms with Gasteiger partial charge in [-0.1, -0.05) is 31.0 Å². The van der Waals surface area contributed by atoms with Crippen molar-refractivity contribution in [2.24, 2.45) is 0 Å². The van der Waals surface area contributed by atoms with Crippen molar-refractivity contribution in [3.63, 3.8) is 0 Å². The van der Waals surface area contributed by atoms with E-state index < -0.39 is 0 Å². The van der Waals surface area contributed by atoms with E-state index in [2.05, 4.69) is 28.2 Å². The molecule has 0 spiro atoms. The Bertz CT molecular complexity index is 359. The van der Waals surface area contributed by atoms with Crippen LogP contribution in [-0.2, 0) is 0 Å². The average Bonchev–Trinajstić information content (AvgIpc) is 2.71. The molecule has 13 heavy (non-hydrogen) atoms. The van der Waals surface area contributed by atoms with Crippen LogP contribution in [0.15, 0.2) is 36.5 Å². The SMILES string of the molecule is SN(c1ccccc1)c1cn[nH]n1. The predicted octanol–water partition coefficient (Wildman–Crippen LogP) is 1.79. The van der Waals surface area contributed by atoms with E-state index in [1.54, 1.807) is 10.5 Å². The van der Waals surface area contributed by atoms with E-state index in [-0.39, 0.29) is 0 Å². The Balaban J connectivity index is 2.29. The third-order valence-electron chi connectivity index (χ3n) is 1.62. The zero-order chi connectivity index (χ0) is 9.10. The van der Waals surface area contributed by atoms with Crippen LogP contribution in [0.1, 0.15) is 0 Å². The van der Waals surface area contributed by atoms with Gasteiger partial charge in [-0.2, -0.15) is 10.3 Å². The van der Waals surface area contributed by atoms with Gasteiger partial charge >= 0.3 is 0 Å². The van der Waals surface area contributed by atoms with Gasteiger partial charge in [-0.15, -0.1) is 5.10 Å². The summed E-state index contributed by atoms with van der Waals surface area (Å²) < 4.78 is 1.66. The van der Waals surface area contributed by atoms with Gasteiger partial charge in [0.15, 0.2) is 5.82 Å². The minimum Gasteiger partial charge on any atom is -0.268 e. The number of aromatic amines is 1. The molecule has 0 aliphatic rings. The first-order valence-electron chi connectivity index (χ1n) is 3.78. The quantitative estimate of drug-likeness (QED) is 0.713. The van der Waals surface area contributed by atoms with Crippen molar-refractivity contribution in [1.29, 1.82) is 0 Å². The molecule has 0 saturated carbocycles. The predicted molar refractivity (Wildman–Crippen MR) is 53.9 cm³/mol. The zero-order valence-electron chi connectivity index (χ0n) is 6.75. The molecule has 1 N–H and O–H groups in total. The number of aromatic nitrogens is 3. The second kappa shape index (κ2) is 3.49. The van der Waals surface area contributed by atoms with Crippen LogP contribution in [0.4, 0.5) is 11.5 Å². The molecule has 1 aromatic heterocycles. The lowest BCUT2D eigenvalue weighted by atomic mass is 10.3. The molecular weight excluding hydrogens is 184 g/mol. The number of para-hydroxylation sites is 1. The lowest BCUT2D eigenvalue weighted by Gasteiger charge is -2.12. The first-order chi connectivity index (χ1) is 6.38. The molecule has 0 aliphatic heterocycles. The number of rotatable bonds is 2. The molecule has 0 fully saturated rings. The number of H-pyrrole nitrogens is 1. The fourth-order valence-electron chi connectivity index (χ4n) is 0.999. The topological polar surface area (TPSA) is 44.8 Å². The van der Waals surface area contributed by atoms with Gasteiger partial charge in [0.25, 0.3) is 0 Å². The Morgan fingerprint density at radius 1 is 1.23 bits per heavy atom. The summed E-state index contributed by atoms with van der Waals surface area (Å²) in [7, 11) is 0. The van der Waals surface area contributed by atoms with Crippen LogP contribution in [-0.4, -0.2) is 15.4 Å². The number of thiol groups is 1. The lowest BCUT2D eigenvalue weighted by Crippen LogP contribution is -2.01. The molecule has 0 saturated heterocycles. The number of nitrogens with one attached hydrogen (secondary N) is 1. The summed E-state index contributed by atoms with van der Waals surface area (Å²) in [6.45, 7) is 0. The molecule has 5 heteroatoms. The summed E-state index contributed by atoms with van der Waals surface area (Å²) in [4.78, 5) is 0. The van der Waals surface area contributed by atoms with Gasteiger partial charge in [0.2, 0.25) is 0 Å². The average molecular weight is 192 g/mol. The molecule has 66 valence electrons. The smallest absolute Gasteiger partial charge is 0.185 e. The summed E-state index contributed by atoms with van der Waals surface area (Å²) in [6.07, 6.45) is 1.61. The molecule has 4 nitrogen and oxygen atoms in total. The Labute approximate surface area is 81.1 Å². The molecule has 0 bridgehead atoms. The van der Waals surface area contributed by atoms with Crippen LogP contribution in [0.5, 0.6) is 0 Å². The van der Waals surface area contributed by atoms with Gasteiger partial charge in [-0.25, -0.2) is 0 Å². The summed E-state index contributed by atoms with van der Waals surface area (Å²) in [5, 5.41) is 10.1. The van der Waals surface area contributed by atoms with E-state index in [0.29, 0.717) is 5.82 Å². The molecule has 2 aromatic rings. The first-order valence-corrected chi connectivity index (χ1v) is 4.18. The molecular formula is C8H8N4S. The highest BCUT2D eigenvalue weighted by Crippen LogP contribution is 2.23. The molecule has 2 rings (SSSR count). The van der Waals surface area contributed by atoms with E-state index in [1.165, 1.54) is 0 Å². The fourth-order valence-corrected chi connectivity index (χ4v) is 1.23. The molecule has 1 aromatic carbocycles. The molecule has 0 unspecified atom stereocenters. The van der Waals surface area contributed by atoms with Crippen molar-refractivity contribution < 1.29 is 0 Å². The van der Waals surface area contributed by atoms with Crippen LogP contribution >= 0.6 is 12.8 Å². The maximum atomic E-state index is 4.29. The van der Waals surface area contributed by atoms with Crippen LogP contribution < -0.4 is 4.31 Å². The van der Waals surface area contributed by atoms with Gasteiger partial charge < -0.3 is 0 Å². The highest BCUT2D eigenvalue weighted by molar-refractivity contribution is 7.82. The van der Waals surface area contributed by atoms with Crippen molar-refractivity contribution in [3.05, 3.63) is 36.5 Å². The highest BCUT2D eigenvalue weighted by Gasteiger charge is 2.05. The van der Waals surface area contributed by atoms with Crippen molar-refractivity contribution in [3.8, 4) is 0 Å². The number of hydrogen-bond donors (Lipinski definition) is 2. The van der Waals surface area contributed by atoms with Crippen LogP contribution in [0.25, 0.3) is 0 Å². The Hall–Kier alpha value is -1.49. The standard InChI is InChI=1S/C8H8N4S/c13-12(8-6-9-11-10-8)7-4-2-1-3-5-7/h1-6,13H,(H,9,10,11). The van der Waals surface area contributed by atoms with Crippen molar-refractivity contribution in [2.75, 3.05) is 4.31 Å². The zero-order valence-corrected chi connectivity index (χ0v) is 7.65. The number of anilines is 2. The maximum absolute atomic E-state index is 4.29. The summed E-state index contributed by atoms with van der Waals surface area (Å²) in [6, 6.07) is 9.73. The van der Waals surface area contributed by atoms with Crippen molar-refractivity contribution >= 4 is 24.3 Å². The Kier molecular flexibility index (Phi) is 2.18. The normalized spacial score (nSPS) is 9.92. The van der Waals surface area contributed by atoms with E-state index >= 15 is 0 Å². The number of hydrogen-bond acceptors (Lipinski definition) is 4. The summed E-state index contributed by atoms with van der Waals surface area (Å²) in [5.74, 6) is 0.675. The van der Waals surface area contributed by atoms with Gasteiger partial charge in [0.05, 0.1) is 11.9 Å². The van der Waals surface area contributed by atoms with Crippen LogP contribution in [0.3, 0.4) is 0 Å². The van der Waals surface area contributed by atoms with Gasteiger partial charge in [0.1, 0.15) is 0 Å². The fraction of sp³-hybridized carbons (Fsp3) is 0. The summed E-state index contributed by atoms with van der Waals surface area (Å²) in [5.41, 5.74) is 0.958. The van der Waals surface area contributed by atoms with Crippen LogP contribution in [0, 0.1) is 0 Å². The molecule has 1 heterocycles. The van der Waals surface area contributed by atoms with Gasteiger partial charge in [-0.05, 0) is 12.1 Å². The molecule has 0 radical (unpaired) electrons. The van der Waals surface area contributed by atoms with Gasteiger partial charge in [-0.3, -0.25) is 4.31 Å². The van der Waals surface area contributed by atoms with E-state index in [4.69, 9.17) is 0 Å². The Morgan fingerprint density at radius 3 is 2.62 bits per heavy atom. The van der Waals surface area contributed by atoms with Crippen LogP contribution in [0.2, 0.25) is 0 Å². The van der Waals surface area contributed by atoms with Crippen molar-refractivity contribution in [1.82, 2.24) is 15.4 Å². The highest BCUT2D eigenvalue weighted by atomic mass is 32.1. The van der Waals surface area contributed by atoms with E-state index in [0.717, 1.165) is 5.69 Å². The first kappa shape index (κ1) is 8.12. The van der Waals surface area contributed by atoms with Gasteiger partial charge in [0, 0.05) is 0 Å². The summed E-state index contributed by atoms with van der Waals surface area (Å²) >= 11 is 4.29.